The number of aryl methyl sites for hydroxylation is 2. The molecule has 0 aliphatic rings. The maximum absolute atomic E-state index is 4.24. The Morgan fingerprint density at radius 2 is 1.83 bits per heavy atom. The molecule has 0 bridgehead atoms. The minimum atomic E-state index is 0. The van der Waals surface area contributed by atoms with E-state index in [4.69, 9.17) is 0 Å². The second-order valence-electron chi connectivity index (χ2n) is 5.22. The largest absolute Gasteiger partial charge is 0.356 e. The van der Waals surface area contributed by atoms with E-state index in [1.165, 1.54) is 11.1 Å². The molecule has 0 saturated heterocycles. The molecule has 1 aromatic carbocycles. The molecule has 2 rings (SSSR count). The minimum Gasteiger partial charge on any atom is -0.356 e. The van der Waals surface area contributed by atoms with E-state index in [9.17, 15) is 0 Å². The summed E-state index contributed by atoms with van der Waals surface area (Å²) in [6.45, 7) is 3.74. The maximum atomic E-state index is 4.24. The summed E-state index contributed by atoms with van der Waals surface area (Å²) in [4.78, 5) is 4.24. The average molecular weight is 427 g/mol. The zero-order valence-electron chi connectivity index (χ0n) is 14.0. The van der Waals surface area contributed by atoms with E-state index in [-0.39, 0.29) is 24.0 Å². The van der Waals surface area contributed by atoms with Crippen LogP contribution in [0.3, 0.4) is 0 Å². The zero-order chi connectivity index (χ0) is 15.8. The Labute approximate surface area is 155 Å². The van der Waals surface area contributed by atoms with Gasteiger partial charge in [-0.2, -0.15) is 5.10 Å². The van der Waals surface area contributed by atoms with Gasteiger partial charge in [-0.1, -0.05) is 31.2 Å². The Morgan fingerprint density at radius 3 is 2.39 bits per heavy atom. The number of aliphatic imine (C=N–C) groups is 1. The molecule has 0 fully saturated rings. The standard InChI is InChI=1S/C17H25N5.HI/c1-4-14-5-7-15(8-6-14)9-11-19-17(18-2)20-13-16-10-12-21-22(16)3;/h5-8,10,12H,4,9,11,13H2,1-3H3,(H2,18,19,20);1H. The van der Waals surface area contributed by atoms with Crippen molar-refractivity contribution in [2.75, 3.05) is 13.6 Å². The first-order valence-electron chi connectivity index (χ1n) is 7.72. The van der Waals surface area contributed by atoms with E-state index in [2.05, 4.69) is 51.9 Å². The third-order valence-electron chi connectivity index (χ3n) is 3.72. The van der Waals surface area contributed by atoms with E-state index in [0.717, 1.165) is 31.0 Å². The van der Waals surface area contributed by atoms with Crippen LogP contribution in [0.2, 0.25) is 0 Å². The van der Waals surface area contributed by atoms with Crippen molar-refractivity contribution in [3.63, 3.8) is 0 Å². The molecule has 2 N–H and O–H groups in total. The summed E-state index contributed by atoms with van der Waals surface area (Å²) in [5.74, 6) is 0.811. The zero-order valence-corrected chi connectivity index (χ0v) is 16.4. The lowest BCUT2D eigenvalue weighted by atomic mass is 10.1. The Kier molecular flexibility index (Phi) is 8.68. The first-order valence-corrected chi connectivity index (χ1v) is 7.72. The monoisotopic (exact) mass is 427 g/mol. The molecule has 0 radical (unpaired) electrons. The number of aromatic nitrogens is 2. The highest BCUT2D eigenvalue weighted by molar-refractivity contribution is 14.0. The molecule has 0 aliphatic carbocycles. The number of nitrogens with one attached hydrogen (secondary N) is 2. The second kappa shape index (κ2) is 10.3. The third kappa shape index (κ3) is 6.21. The summed E-state index contributed by atoms with van der Waals surface area (Å²) in [6.07, 6.45) is 3.87. The van der Waals surface area contributed by atoms with Crippen molar-refractivity contribution in [1.82, 2.24) is 20.4 Å². The molecule has 5 nitrogen and oxygen atoms in total. The van der Waals surface area contributed by atoms with Crippen LogP contribution in [0.15, 0.2) is 41.5 Å². The number of benzene rings is 1. The van der Waals surface area contributed by atoms with Crippen molar-refractivity contribution in [2.24, 2.45) is 12.0 Å². The summed E-state index contributed by atoms with van der Waals surface area (Å²) >= 11 is 0. The van der Waals surface area contributed by atoms with Crippen molar-refractivity contribution < 1.29 is 0 Å². The van der Waals surface area contributed by atoms with Crippen LogP contribution in [0.1, 0.15) is 23.7 Å². The number of hydrogen-bond donors (Lipinski definition) is 2. The molecule has 23 heavy (non-hydrogen) atoms. The molecular formula is C17H26IN5. The van der Waals surface area contributed by atoms with Gasteiger partial charge < -0.3 is 10.6 Å². The fraction of sp³-hybridized carbons (Fsp3) is 0.412. The van der Waals surface area contributed by atoms with E-state index in [1.807, 2.05) is 17.8 Å². The Bertz CT molecular complexity index is 604. The Morgan fingerprint density at radius 1 is 1.13 bits per heavy atom. The SMILES string of the molecule is CCc1ccc(CCNC(=NC)NCc2ccnn2C)cc1.I. The topological polar surface area (TPSA) is 54.2 Å². The second-order valence-corrected chi connectivity index (χ2v) is 5.22. The van der Waals surface area contributed by atoms with Crippen LogP contribution < -0.4 is 10.6 Å². The molecule has 0 unspecified atom stereocenters. The minimum absolute atomic E-state index is 0. The molecule has 1 aromatic heterocycles. The Hall–Kier alpha value is -1.57. The van der Waals surface area contributed by atoms with E-state index in [1.54, 1.807) is 13.2 Å². The van der Waals surface area contributed by atoms with Crippen LogP contribution in [0.5, 0.6) is 0 Å². The van der Waals surface area contributed by atoms with Gasteiger partial charge in [0.2, 0.25) is 0 Å². The van der Waals surface area contributed by atoms with Crippen LogP contribution in [0, 0.1) is 0 Å². The molecule has 6 heteroatoms. The van der Waals surface area contributed by atoms with Crippen molar-refractivity contribution in [3.8, 4) is 0 Å². The van der Waals surface area contributed by atoms with Gasteiger partial charge in [0.25, 0.3) is 0 Å². The quantitative estimate of drug-likeness (QED) is 0.423. The summed E-state index contributed by atoms with van der Waals surface area (Å²) in [5.41, 5.74) is 3.84. The van der Waals surface area contributed by atoms with Gasteiger partial charge >= 0.3 is 0 Å². The normalized spacial score (nSPS) is 11.0. The lowest BCUT2D eigenvalue weighted by Crippen LogP contribution is -2.38. The number of nitrogens with zero attached hydrogens (tertiary/aromatic N) is 3. The fourth-order valence-electron chi connectivity index (χ4n) is 2.24. The molecule has 126 valence electrons. The predicted molar refractivity (Wildman–Crippen MR) is 106 cm³/mol. The number of halogens is 1. The van der Waals surface area contributed by atoms with Gasteiger partial charge in [-0.3, -0.25) is 9.67 Å². The maximum Gasteiger partial charge on any atom is 0.191 e. The molecule has 1 heterocycles. The Balaban J connectivity index is 0.00000264. The molecule has 0 atom stereocenters. The summed E-state index contributed by atoms with van der Waals surface area (Å²) in [5, 5.41) is 10.8. The van der Waals surface area contributed by atoms with Crippen molar-refractivity contribution >= 4 is 29.9 Å². The first-order chi connectivity index (χ1) is 10.7. The molecule has 0 spiro atoms. The smallest absolute Gasteiger partial charge is 0.191 e. The lowest BCUT2D eigenvalue weighted by Gasteiger charge is -2.12. The van der Waals surface area contributed by atoms with E-state index in [0.29, 0.717) is 6.54 Å². The summed E-state index contributed by atoms with van der Waals surface area (Å²) < 4.78 is 1.86. The third-order valence-corrected chi connectivity index (χ3v) is 3.72. The highest BCUT2D eigenvalue weighted by atomic mass is 127. The van der Waals surface area contributed by atoms with Crippen LogP contribution >= 0.6 is 24.0 Å². The number of guanidine groups is 1. The van der Waals surface area contributed by atoms with Crippen LogP contribution in [0.4, 0.5) is 0 Å². The van der Waals surface area contributed by atoms with E-state index < -0.39 is 0 Å². The predicted octanol–water partition coefficient (Wildman–Crippen LogP) is 2.51. The highest BCUT2D eigenvalue weighted by Gasteiger charge is 2.01. The molecule has 0 saturated carbocycles. The van der Waals surface area contributed by atoms with E-state index >= 15 is 0 Å². The van der Waals surface area contributed by atoms with Crippen molar-refractivity contribution in [3.05, 3.63) is 53.3 Å². The van der Waals surface area contributed by atoms with Gasteiger partial charge in [0.1, 0.15) is 0 Å². The first kappa shape index (κ1) is 19.5. The average Bonchev–Trinajstić information content (AvgIpc) is 2.96. The molecule has 0 aliphatic heterocycles. The van der Waals surface area contributed by atoms with Crippen LogP contribution in [0.25, 0.3) is 0 Å². The van der Waals surface area contributed by atoms with Gasteiger partial charge in [0.15, 0.2) is 5.96 Å². The van der Waals surface area contributed by atoms with Gasteiger partial charge in [-0.05, 0) is 30.0 Å². The van der Waals surface area contributed by atoms with Gasteiger partial charge in [-0.15, -0.1) is 24.0 Å². The lowest BCUT2D eigenvalue weighted by molar-refractivity contribution is 0.684. The van der Waals surface area contributed by atoms with Crippen molar-refractivity contribution in [1.29, 1.82) is 0 Å². The summed E-state index contributed by atoms with van der Waals surface area (Å²) in [6, 6.07) is 10.8. The molecule has 0 amide bonds. The number of rotatable bonds is 6. The number of hydrogen-bond acceptors (Lipinski definition) is 2. The highest BCUT2D eigenvalue weighted by Crippen LogP contribution is 2.05. The van der Waals surface area contributed by atoms with Gasteiger partial charge in [-0.25, -0.2) is 0 Å². The summed E-state index contributed by atoms with van der Waals surface area (Å²) in [7, 11) is 3.72. The van der Waals surface area contributed by atoms with Crippen LogP contribution in [-0.4, -0.2) is 29.3 Å². The molecule has 2 aromatic rings. The fourth-order valence-corrected chi connectivity index (χ4v) is 2.24. The van der Waals surface area contributed by atoms with Crippen molar-refractivity contribution in [2.45, 2.75) is 26.3 Å². The van der Waals surface area contributed by atoms with Gasteiger partial charge in [0.05, 0.1) is 12.2 Å². The van der Waals surface area contributed by atoms with Gasteiger partial charge in [0, 0.05) is 26.8 Å². The van der Waals surface area contributed by atoms with Crippen LogP contribution in [-0.2, 0) is 26.4 Å². The molecular weight excluding hydrogens is 401 g/mol.